The number of aliphatic imine (C=N–C) groups is 1. The Hall–Kier alpha value is -2.43. The van der Waals surface area contributed by atoms with E-state index in [1.54, 1.807) is 30.3 Å². The van der Waals surface area contributed by atoms with Crippen LogP contribution in [-0.2, 0) is 9.59 Å². The van der Waals surface area contributed by atoms with Crippen LogP contribution in [0.4, 0.5) is 0 Å². The van der Waals surface area contributed by atoms with Crippen molar-refractivity contribution >= 4 is 18.5 Å². The lowest BCUT2D eigenvalue weighted by molar-refractivity contribution is -0.148. The summed E-state index contributed by atoms with van der Waals surface area (Å²) >= 11 is 0. The minimum Gasteiger partial charge on any atom is -0.478 e. The van der Waals surface area contributed by atoms with Gasteiger partial charge in [0.1, 0.15) is 5.75 Å². The van der Waals surface area contributed by atoms with Gasteiger partial charge < -0.3 is 14.6 Å². The standard InChI is InChI=1S/C13H11NO4/c15-9-13(7-4-8-14-13)11(12(16)17)18-10-5-2-1-3-6-10/h1-9,11H,(H,16,17). The predicted molar refractivity (Wildman–Crippen MR) is 64.9 cm³/mol. The first-order chi connectivity index (χ1) is 8.68. The molecule has 1 N–H and O–H groups in total. The highest BCUT2D eigenvalue weighted by atomic mass is 16.5. The lowest BCUT2D eigenvalue weighted by Gasteiger charge is -2.25. The van der Waals surface area contributed by atoms with E-state index in [2.05, 4.69) is 4.99 Å². The van der Waals surface area contributed by atoms with Crippen molar-refractivity contribution in [2.75, 3.05) is 0 Å². The maximum Gasteiger partial charge on any atom is 0.348 e. The van der Waals surface area contributed by atoms with Crippen LogP contribution >= 0.6 is 0 Å². The highest BCUT2D eigenvalue weighted by Gasteiger charge is 2.44. The van der Waals surface area contributed by atoms with Crippen molar-refractivity contribution in [1.82, 2.24) is 0 Å². The van der Waals surface area contributed by atoms with Gasteiger partial charge in [-0.15, -0.1) is 0 Å². The molecular weight excluding hydrogens is 234 g/mol. The van der Waals surface area contributed by atoms with Gasteiger partial charge in [0, 0.05) is 6.21 Å². The van der Waals surface area contributed by atoms with E-state index in [9.17, 15) is 14.7 Å². The number of allylic oxidation sites excluding steroid dienone is 1. The van der Waals surface area contributed by atoms with E-state index in [1.807, 2.05) is 0 Å². The first-order valence-corrected chi connectivity index (χ1v) is 5.32. The zero-order chi connectivity index (χ0) is 13.0. The van der Waals surface area contributed by atoms with Gasteiger partial charge in [0.15, 0.2) is 11.8 Å². The molecule has 1 aliphatic heterocycles. The Morgan fingerprint density at radius 2 is 2.11 bits per heavy atom. The van der Waals surface area contributed by atoms with E-state index in [1.165, 1.54) is 18.4 Å². The summed E-state index contributed by atoms with van der Waals surface area (Å²) in [6, 6.07) is 8.46. The van der Waals surface area contributed by atoms with Gasteiger partial charge in [-0.1, -0.05) is 18.2 Å². The fraction of sp³-hybridized carbons (Fsp3) is 0.154. The van der Waals surface area contributed by atoms with Crippen LogP contribution in [0.25, 0.3) is 0 Å². The van der Waals surface area contributed by atoms with E-state index in [4.69, 9.17) is 4.74 Å². The van der Waals surface area contributed by atoms with E-state index in [0.29, 0.717) is 12.0 Å². The summed E-state index contributed by atoms with van der Waals surface area (Å²) in [6.45, 7) is 0. The lowest BCUT2D eigenvalue weighted by Crippen LogP contribution is -2.48. The van der Waals surface area contributed by atoms with Crippen LogP contribution in [0.2, 0.25) is 0 Å². The number of nitrogens with zero attached hydrogens (tertiary/aromatic N) is 1. The molecule has 1 heterocycles. The van der Waals surface area contributed by atoms with Crippen molar-refractivity contribution in [3.05, 3.63) is 42.5 Å². The van der Waals surface area contributed by atoms with Crippen molar-refractivity contribution < 1.29 is 19.4 Å². The van der Waals surface area contributed by atoms with Gasteiger partial charge in [0.25, 0.3) is 0 Å². The number of aliphatic carboxylic acids is 1. The first-order valence-electron chi connectivity index (χ1n) is 5.32. The summed E-state index contributed by atoms with van der Waals surface area (Å²) in [7, 11) is 0. The quantitative estimate of drug-likeness (QED) is 0.788. The van der Waals surface area contributed by atoms with E-state index in [-0.39, 0.29) is 0 Å². The van der Waals surface area contributed by atoms with Crippen molar-refractivity contribution in [2.45, 2.75) is 11.6 Å². The molecule has 0 amide bonds. The molecule has 1 aromatic rings. The van der Waals surface area contributed by atoms with Gasteiger partial charge in [0.05, 0.1) is 0 Å². The summed E-state index contributed by atoms with van der Waals surface area (Å²) in [5, 5.41) is 9.20. The molecule has 0 saturated heterocycles. The summed E-state index contributed by atoms with van der Waals surface area (Å²) < 4.78 is 5.36. The number of para-hydroxylation sites is 1. The molecule has 0 saturated carbocycles. The molecule has 0 radical (unpaired) electrons. The van der Waals surface area contributed by atoms with Crippen LogP contribution < -0.4 is 4.74 Å². The normalized spacial score (nSPS) is 22.7. The molecule has 2 atom stereocenters. The van der Waals surface area contributed by atoms with Gasteiger partial charge in [0.2, 0.25) is 6.10 Å². The summed E-state index contributed by atoms with van der Waals surface area (Å²) in [4.78, 5) is 26.3. The Morgan fingerprint density at radius 3 is 2.61 bits per heavy atom. The van der Waals surface area contributed by atoms with Gasteiger partial charge in [-0.25, -0.2) is 4.79 Å². The SMILES string of the molecule is O=CC1(C(Oc2ccccc2)C(=O)O)C=CC=N1. The maximum absolute atomic E-state index is 11.3. The van der Waals surface area contributed by atoms with Gasteiger partial charge in [-0.2, -0.15) is 0 Å². The molecule has 1 aromatic carbocycles. The molecule has 5 heteroatoms. The molecule has 92 valence electrons. The Balaban J connectivity index is 2.30. The van der Waals surface area contributed by atoms with Crippen LogP contribution in [0.15, 0.2) is 47.5 Å². The highest BCUT2D eigenvalue weighted by molar-refractivity contribution is 5.91. The highest BCUT2D eigenvalue weighted by Crippen LogP contribution is 2.24. The third-order valence-corrected chi connectivity index (χ3v) is 2.58. The number of carboxylic acids is 1. The number of hydrogen-bond donors (Lipinski definition) is 1. The summed E-state index contributed by atoms with van der Waals surface area (Å²) in [5.74, 6) is -0.865. The second kappa shape index (κ2) is 4.83. The number of ether oxygens (including phenoxy) is 1. The number of benzene rings is 1. The van der Waals surface area contributed by atoms with Crippen molar-refractivity contribution in [2.24, 2.45) is 4.99 Å². The Labute approximate surface area is 103 Å². The molecule has 18 heavy (non-hydrogen) atoms. The number of carboxylic acid groups (broad SMARTS) is 1. The molecule has 1 aliphatic rings. The van der Waals surface area contributed by atoms with Crippen molar-refractivity contribution in [3.8, 4) is 5.75 Å². The Kier molecular flexibility index (Phi) is 3.23. The molecule has 0 spiro atoms. The van der Waals surface area contributed by atoms with Crippen LogP contribution in [0, 0.1) is 0 Å². The molecular formula is C13H11NO4. The predicted octanol–water partition coefficient (Wildman–Crippen LogP) is 1.10. The molecule has 0 fully saturated rings. The third kappa shape index (κ3) is 2.15. The lowest BCUT2D eigenvalue weighted by atomic mass is 9.95. The molecule has 0 aromatic heterocycles. The van der Waals surface area contributed by atoms with Gasteiger partial charge in [-0.05, 0) is 24.3 Å². The number of aldehydes is 1. The largest absolute Gasteiger partial charge is 0.478 e. The van der Waals surface area contributed by atoms with Gasteiger partial charge >= 0.3 is 5.97 Å². The summed E-state index contributed by atoms with van der Waals surface area (Å²) in [5.41, 5.74) is -1.48. The van der Waals surface area contributed by atoms with E-state index < -0.39 is 17.6 Å². The average Bonchev–Trinajstić information content (AvgIpc) is 2.86. The zero-order valence-electron chi connectivity index (χ0n) is 9.39. The first kappa shape index (κ1) is 12.0. The fourth-order valence-electron chi connectivity index (χ4n) is 1.68. The van der Waals surface area contributed by atoms with E-state index in [0.717, 1.165) is 0 Å². The Bertz CT molecular complexity index is 495. The second-order valence-corrected chi connectivity index (χ2v) is 3.79. The van der Waals surface area contributed by atoms with Gasteiger partial charge in [-0.3, -0.25) is 4.99 Å². The Morgan fingerprint density at radius 1 is 1.39 bits per heavy atom. The number of rotatable bonds is 5. The van der Waals surface area contributed by atoms with Crippen LogP contribution in [0.1, 0.15) is 0 Å². The fourth-order valence-corrected chi connectivity index (χ4v) is 1.68. The van der Waals surface area contributed by atoms with Crippen molar-refractivity contribution in [1.29, 1.82) is 0 Å². The molecule has 5 nitrogen and oxygen atoms in total. The third-order valence-electron chi connectivity index (χ3n) is 2.58. The van der Waals surface area contributed by atoms with Crippen LogP contribution in [0.3, 0.4) is 0 Å². The topological polar surface area (TPSA) is 76.0 Å². The minimum absolute atomic E-state index is 0.377. The van der Waals surface area contributed by atoms with E-state index >= 15 is 0 Å². The smallest absolute Gasteiger partial charge is 0.348 e. The number of hydrogen-bond acceptors (Lipinski definition) is 4. The monoisotopic (exact) mass is 245 g/mol. The van der Waals surface area contributed by atoms with Crippen LogP contribution in [-0.4, -0.2) is 35.2 Å². The molecule has 2 rings (SSSR count). The average molecular weight is 245 g/mol. The number of carbonyl (C=O) groups is 2. The molecule has 0 aliphatic carbocycles. The summed E-state index contributed by atoms with van der Waals surface area (Å²) in [6.07, 6.45) is 3.43. The second-order valence-electron chi connectivity index (χ2n) is 3.79. The van der Waals surface area contributed by atoms with Crippen molar-refractivity contribution in [3.63, 3.8) is 0 Å². The molecule has 2 unspecified atom stereocenters. The zero-order valence-corrected chi connectivity index (χ0v) is 9.39. The van der Waals surface area contributed by atoms with Crippen LogP contribution in [0.5, 0.6) is 5.75 Å². The maximum atomic E-state index is 11.3. The number of carbonyl (C=O) groups excluding carboxylic acids is 1. The minimum atomic E-state index is -1.48. The molecule has 0 bridgehead atoms.